The lowest BCUT2D eigenvalue weighted by Crippen LogP contribution is -2.24. The van der Waals surface area contributed by atoms with E-state index in [1.165, 1.54) is 12.1 Å². The van der Waals surface area contributed by atoms with Gasteiger partial charge in [-0.15, -0.1) is 0 Å². The molecule has 0 aromatic carbocycles. The Labute approximate surface area is 96.1 Å². The van der Waals surface area contributed by atoms with Crippen molar-refractivity contribution >= 4 is 8.07 Å². The third kappa shape index (κ3) is 7.15. The normalized spacial score (nSPS) is 10.8. The zero-order valence-electron chi connectivity index (χ0n) is 10.3. The minimum Gasteiger partial charge on any atom is -0.0988 e. The van der Waals surface area contributed by atoms with Gasteiger partial charge < -0.3 is 0 Å². The van der Waals surface area contributed by atoms with Crippen LogP contribution in [0, 0.1) is 0 Å². The van der Waals surface area contributed by atoms with Gasteiger partial charge in [0.2, 0.25) is 0 Å². The molecule has 0 aliphatic heterocycles. The van der Waals surface area contributed by atoms with Gasteiger partial charge in [0.1, 0.15) is 0 Å². The molecule has 0 spiro atoms. The maximum absolute atomic E-state index is 3.96. The van der Waals surface area contributed by atoms with E-state index in [2.05, 4.69) is 39.4 Å². The zero-order chi connectivity index (χ0) is 11.9. The van der Waals surface area contributed by atoms with E-state index < -0.39 is 8.07 Å². The van der Waals surface area contributed by atoms with Crippen molar-refractivity contribution in [2.75, 3.05) is 0 Å². The number of hydrogen-bond acceptors (Lipinski definition) is 0. The Morgan fingerprint density at radius 3 is 1.53 bits per heavy atom. The summed E-state index contributed by atoms with van der Waals surface area (Å²) in [5, 5.41) is 0. The van der Waals surface area contributed by atoms with Crippen LogP contribution in [0.2, 0.25) is 25.2 Å². The second kappa shape index (κ2) is 6.62. The highest BCUT2D eigenvalue weighted by Crippen LogP contribution is 2.23. The fourth-order valence-electron chi connectivity index (χ4n) is 1.33. The minimum absolute atomic E-state index is 1.08. The third-order valence-corrected chi connectivity index (χ3v) is 6.03. The van der Waals surface area contributed by atoms with Gasteiger partial charge in [-0.3, -0.25) is 0 Å². The highest BCUT2D eigenvalue weighted by Gasteiger charge is 2.19. The standard InChI is InChI=1S/C14H24Si/c1-7-13(3)9-11-15(5,6)12-10-14(4)8-2/h7-8H,1-4,9-12H2,5-6H3. The molecular weight excluding hydrogens is 196 g/mol. The van der Waals surface area contributed by atoms with Crippen molar-refractivity contribution in [3.8, 4) is 0 Å². The highest BCUT2D eigenvalue weighted by atomic mass is 28.3. The van der Waals surface area contributed by atoms with Crippen LogP contribution in [0.1, 0.15) is 12.8 Å². The van der Waals surface area contributed by atoms with E-state index in [0.29, 0.717) is 0 Å². The Balaban J connectivity index is 3.95. The first kappa shape index (κ1) is 14.2. The van der Waals surface area contributed by atoms with Crippen molar-refractivity contribution in [1.29, 1.82) is 0 Å². The number of allylic oxidation sites excluding steroid dienone is 4. The lowest BCUT2D eigenvalue weighted by atomic mass is 10.2. The topological polar surface area (TPSA) is 0 Å². The molecule has 0 aromatic heterocycles. The van der Waals surface area contributed by atoms with Gasteiger partial charge >= 0.3 is 0 Å². The van der Waals surface area contributed by atoms with Crippen LogP contribution in [0.15, 0.2) is 49.6 Å². The van der Waals surface area contributed by atoms with E-state index in [-0.39, 0.29) is 0 Å². The Hall–Kier alpha value is -0.823. The molecule has 0 saturated carbocycles. The summed E-state index contributed by atoms with van der Waals surface area (Å²) in [5.41, 5.74) is 2.33. The average Bonchev–Trinajstić information content (AvgIpc) is 2.22. The van der Waals surface area contributed by atoms with E-state index in [9.17, 15) is 0 Å². The molecule has 0 heterocycles. The Bertz CT molecular complexity index is 233. The van der Waals surface area contributed by atoms with Gasteiger partial charge in [0, 0.05) is 8.07 Å². The maximum atomic E-state index is 3.96. The molecule has 0 radical (unpaired) electrons. The fraction of sp³-hybridized carbons (Fsp3) is 0.429. The molecule has 0 aromatic rings. The van der Waals surface area contributed by atoms with Gasteiger partial charge in [0.05, 0.1) is 0 Å². The third-order valence-electron chi connectivity index (χ3n) is 2.82. The lowest BCUT2D eigenvalue weighted by Gasteiger charge is -2.22. The van der Waals surface area contributed by atoms with Crippen molar-refractivity contribution in [3.63, 3.8) is 0 Å². The van der Waals surface area contributed by atoms with Crippen LogP contribution in [-0.4, -0.2) is 8.07 Å². The molecule has 0 nitrogen and oxygen atoms in total. The monoisotopic (exact) mass is 220 g/mol. The molecule has 0 unspecified atom stereocenters. The molecule has 0 bridgehead atoms. The summed E-state index contributed by atoms with van der Waals surface area (Å²) < 4.78 is 0. The van der Waals surface area contributed by atoms with E-state index >= 15 is 0 Å². The van der Waals surface area contributed by atoms with Crippen LogP contribution in [0.3, 0.4) is 0 Å². The molecule has 1 heteroatoms. The second-order valence-electron chi connectivity index (χ2n) is 4.89. The molecule has 0 saturated heterocycles. The van der Waals surface area contributed by atoms with Crippen LogP contribution in [0.25, 0.3) is 0 Å². The molecule has 0 atom stereocenters. The smallest absolute Gasteiger partial charge is 0.0480 e. The van der Waals surface area contributed by atoms with E-state index in [1.54, 1.807) is 0 Å². The maximum Gasteiger partial charge on any atom is 0.0480 e. The Morgan fingerprint density at radius 1 is 0.933 bits per heavy atom. The van der Waals surface area contributed by atoms with Crippen LogP contribution in [0.4, 0.5) is 0 Å². The summed E-state index contributed by atoms with van der Waals surface area (Å²) in [6.07, 6.45) is 5.94. The molecule has 15 heavy (non-hydrogen) atoms. The van der Waals surface area contributed by atoms with E-state index in [0.717, 1.165) is 24.0 Å². The van der Waals surface area contributed by atoms with Crippen molar-refractivity contribution in [2.45, 2.75) is 38.0 Å². The van der Waals surface area contributed by atoms with Crippen LogP contribution >= 0.6 is 0 Å². The van der Waals surface area contributed by atoms with Crippen molar-refractivity contribution in [2.24, 2.45) is 0 Å². The van der Waals surface area contributed by atoms with Crippen molar-refractivity contribution < 1.29 is 0 Å². The summed E-state index contributed by atoms with van der Waals surface area (Å²) in [6, 6.07) is 2.59. The van der Waals surface area contributed by atoms with Gasteiger partial charge in [-0.05, 0) is 12.8 Å². The minimum atomic E-state index is -1.08. The summed E-state index contributed by atoms with van der Waals surface area (Å²) in [5.74, 6) is 0. The number of hydrogen-bond donors (Lipinski definition) is 0. The molecule has 0 amide bonds. The molecule has 0 N–H and O–H groups in total. The lowest BCUT2D eigenvalue weighted by molar-refractivity contribution is 1.04. The number of rotatable bonds is 8. The predicted octanol–water partition coefficient (Wildman–Crippen LogP) is 4.96. The van der Waals surface area contributed by atoms with E-state index in [1.807, 2.05) is 12.2 Å². The molecule has 0 fully saturated rings. The first-order valence-corrected chi connectivity index (χ1v) is 8.93. The van der Waals surface area contributed by atoms with E-state index in [4.69, 9.17) is 0 Å². The summed E-state index contributed by atoms with van der Waals surface area (Å²) in [4.78, 5) is 0. The van der Waals surface area contributed by atoms with Gasteiger partial charge in [-0.25, -0.2) is 0 Å². The molecule has 0 rings (SSSR count). The van der Waals surface area contributed by atoms with Crippen LogP contribution < -0.4 is 0 Å². The molecule has 0 aliphatic rings. The SMILES string of the molecule is C=CC(=C)CC[Si](C)(C)CCC(=C)C=C. The van der Waals surface area contributed by atoms with Gasteiger partial charge in [0.15, 0.2) is 0 Å². The molecule has 84 valence electrons. The van der Waals surface area contributed by atoms with Gasteiger partial charge in [-0.1, -0.05) is 74.8 Å². The Morgan fingerprint density at radius 2 is 1.27 bits per heavy atom. The summed E-state index contributed by atoms with van der Waals surface area (Å²) >= 11 is 0. The predicted molar refractivity (Wildman–Crippen MR) is 75.0 cm³/mol. The quantitative estimate of drug-likeness (QED) is 0.401. The molecule has 0 aliphatic carbocycles. The Kier molecular flexibility index (Phi) is 6.26. The van der Waals surface area contributed by atoms with Crippen LogP contribution in [0.5, 0.6) is 0 Å². The summed E-state index contributed by atoms with van der Waals surface area (Å²) in [6.45, 7) is 20.3. The van der Waals surface area contributed by atoms with Crippen molar-refractivity contribution in [3.05, 3.63) is 49.6 Å². The summed E-state index contributed by atoms with van der Waals surface area (Å²) in [7, 11) is -1.08. The van der Waals surface area contributed by atoms with Gasteiger partial charge in [-0.2, -0.15) is 0 Å². The highest BCUT2D eigenvalue weighted by molar-refractivity contribution is 6.77. The average molecular weight is 220 g/mol. The first-order valence-electron chi connectivity index (χ1n) is 5.52. The largest absolute Gasteiger partial charge is 0.0988 e. The second-order valence-corrected chi connectivity index (χ2v) is 10.2. The van der Waals surface area contributed by atoms with Crippen molar-refractivity contribution in [1.82, 2.24) is 0 Å². The molecular formula is C14H24Si. The zero-order valence-corrected chi connectivity index (χ0v) is 11.3. The van der Waals surface area contributed by atoms with Gasteiger partial charge in [0.25, 0.3) is 0 Å². The van der Waals surface area contributed by atoms with Crippen LogP contribution in [-0.2, 0) is 0 Å². The first-order chi connectivity index (χ1) is 6.91. The fourth-order valence-corrected chi connectivity index (χ4v) is 3.57.